The van der Waals surface area contributed by atoms with E-state index < -0.39 is 6.03 Å². The Morgan fingerprint density at radius 2 is 2.04 bits per heavy atom. The van der Waals surface area contributed by atoms with Gasteiger partial charge in [0.1, 0.15) is 5.76 Å². The number of benzene rings is 1. The minimum atomic E-state index is -0.509. The first kappa shape index (κ1) is 17.2. The summed E-state index contributed by atoms with van der Waals surface area (Å²) < 4.78 is 5.35. The molecule has 0 atom stereocenters. The first-order valence-corrected chi connectivity index (χ1v) is 8.46. The zero-order valence-corrected chi connectivity index (χ0v) is 14.5. The van der Waals surface area contributed by atoms with E-state index in [9.17, 15) is 9.59 Å². The number of hydrogen-bond acceptors (Lipinski definition) is 4. The number of nitrogens with zero attached hydrogens (tertiary/aromatic N) is 1. The second-order valence-electron chi connectivity index (χ2n) is 6.54. The van der Waals surface area contributed by atoms with Gasteiger partial charge in [0.25, 0.3) is 0 Å². The Morgan fingerprint density at radius 1 is 1.24 bits per heavy atom. The number of amides is 3. The second kappa shape index (κ2) is 7.53. The summed E-state index contributed by atoms with van der Waals surface area (Å²) in [7, 11) is 0. The maximum Gasteiger partial charge on any atom is 0.325 e. The van der Waals surface area contributed by atoms with Crippen LogP contribution in [0.4, 0.5) is 10.5 Å². The number of rotatable bonds is 6. The number of nitrogens with one attached hydrogen (secondary N) is 2. The maximum absolute atomic E-state index is 12.2. The molecular weight excluding hydrogens is 318 g/mol. The van der Waals surface area contributed by atoms with E-state index in [-0.39, 0.29) is 12.5 Å². The fraction of sp³-hybridized carbons (Fsp3) is 0.368. The van der Waals surface area contributed by atoms with Crippen molar-refractivity contribution in [2.45, 2.75) is 39.3 Å². The maximum atomic E-state index is 12.2. The van der Waals surface area contributed by atoms with Gasteiger partial charge in [-0.3, -0.25) is 15.0 Å². The topological polar surface area (TPSA) is 74.6 Å². The molecular formula is C19H23N3O3. The van der Waals surface area contributed by atoms with Crippen molar-refractivity contribution in [3.8, 4) is 0 Å². The Balaban J connectivity index is 1.52. The molecule has 25 heavy (non-hydrogen) atoms. The smallest absolute Gasteiger partial charge is 0.325 e. The molecule has 1 aromatic heterocycles. The molecule has 3 rings (SSSR count). The molecule has 132 valence electrons. The summed E-state index contributed by atoms with van der Waals surface area (Å²) >= 11 is 0. The molecule has 0 aliphatic heterocycles. The van der Waals surface area contributed by atoms with Gasteiger partial charge in [0.15, 0.2) is 0 Å². The van der Waals surface area contributed by atoms with Gasteiger partial charge in [0, 0.05) is 11.7 Å². The lowest BCUT2D eigenvalue weighted by atomic mass is 10.1. The highest BCUT2D eigenvalue weighted by molar-refractivity contribution is 6.02. The predicted octanol–water partition coefficient (Wildman–Crippen LogP) is 3.21. The van der Waals surface area contributed by atoms with Gasteiger partial charge in [0.05, 0.1) is 19.4 Å². The molecule has 2 aromatic rings. The Labute approximate surface area is 147 Å². The van der Waals surface area contributed by atoms with Crippen LogP contribution >= 0.6 is 0 Å². The molecule has 3 amide bonds. The number of carbonyl (C=O) groups is 2. The average molecular weight is 341 g/mol. The summed E-state index contributed by atoms with van der Waals surface area (Å²) in [6.07, 6.45) is 3.77. The Bertz CT molecular complexity index is 751. The highest BCUT2D eigenvalue weighted by atomic mass is 16.3. The molecule has 0 bridgehead atoms. The zero-order valence-electron chi connectivity index (χ0n) is 14.5. The lowest BCUT2D eigenvalue weighted by Gasteiger charge is -2.20. The minimum Gasteiger partial charge on any atom is -0.468 e. The quantitative estimate of drug-likeness (QED) is 0.846. The van der Waals surface area contributed by atoms with Gasteiger partial charge in [-0.05, 0) is 50.5 Å². The van der Waals surface area contributed by atoms with Gasteiger partial charge in [-0.25, -0.2) is 4.79 Å². The Hall–Kier alpha value is -2.60. The van der Waals surface area contributed by atoms with Crippen LogP contribution in [0.5, 0.6) is 0 Å². The third-order valence-electron chi connectivity index (χ3n) is 4.23. The van der Waals surface area contributed by atoms with E-state index in [0.717, 1.165) is 29.7 Å². The molecule has 0 spiro atoms. The van der Waals surface area contributed by atoms with Crippen LogP contribution in [-0.4, -0.2) is 29.4 Å². The molecule has 1 aliphatic rings. The van der Waals surface area contributed by atoms with E-state index in [2.05, 4.69) is 10.6 Å². The summed E-state index contributed by atoms with van der Waals surface area (Å²) in [5.41, 5.74) is 2.78. The van der Waals surface area contributed by atoms with E-state index in [0.29, 0.717) is 18.3 Å². The van der Waals surface area contributed by atoms with Crippen molar-refractivity contribution in [3.63, 3.8) is 0 Å². The predicted molar refractivity (Wildman–Crippen MR) is 95.2 cm³/mol. The number of carbonyl (C=O) groups excluding carboxylic acids is 2. The van der Waals surface area contributed by atoms with Crippen LogP contribution in [0.1, 0.15) is 29.7 Å². The van der Waals surface area contributed by atoms with Crippen molar-refractivity contribution in [3.05, 3.63) is 53.5 Å². The van der Waals surface area contributed by atoms with Crippen LogP contribution in [0.15, 0.2) is 41.0 Å². The summed E-state index contributed by atoms with van der Waals surface area (Å²) in [4.78, 5) is 26.3. The fourth-order valence-electron chi connectivity index (χ4n) is 2.81. The van der Waals surface area contributed by atoms with Crippen LogP contribution in [-0.2, 0) is 11.3 Å². The summed E-state index contributed by atoms with van der Waals surface area (Å²) in [5.74, 6) is 0.500. The van der Waals surface area contributed by atoms with Gasteiger partial charge in [-0.1, -0.05) is 17.7 Å². The first-order valence-electron chi connectivity index (χ1n) is 8.46. The molecule has 1 aliphatic carbocycles. The fourth-order valence-corrected chi connectivity index (χ4v) is 2.81. The summed E-state index contributed by atoms with van der Waals surface area (Å²) in [6, 6.07) is 9.34. The first-order chi connectivity index (χ1) is 12.0. The van der Waals surface area contributed by atoms with Gasteiger partial charge in [0.2, 0.25) is 5.91 Å². The van der Waals surface area contributed by atoms with Gasteiger partial charge < -0.3 is 9.73 Å². The standard InChI is InChI=1S/C19H23N3O3/c1-13-5-8-17(14(2)10-13)20-19(24)21-18(23)12-22(15-6-7-15)11-16-4-3-9-25-16/h3-5,8-10,15H,6-7,11-12H2,1-2H3,(H2,20,21,23,24). The lowest BCUT2D eigenvalue weighted by molar-refractivity contribution is -0.121. The number of urea groups is 1. The van der Waals surface area contributed by atoms with Crippen LogP contribution in [0.3, 0.4) is 0 Å². The molecule has 1 heterocycles. The minimum absolute atomic E-state index is 0.172. The highest BCUT2D eigenvalue weighted by Gasteiger charge is 2.31. The third kappa shape index (κ3) is 4.93. The SMILES string of the molecule is Cc1ccc(NC(=O)NC(=O)CN(Cc2ccco2)C2CC2)c(C)c1. The van der Waals surface area contributed by atoms with Gasteiger partial charge in [-0.2, -0.15) is 0 Å². The molecule has 1 aromatic carbocycles. The Morgan fingerprint density at radius 3 is 2.68 bits per heavy atom. The molecule has 0 radical (unpaired) electrons. The molecule has 1 fully saturated rings. The molecule has 6 nitrogen and oxygen atoms in total. The number of imide groups is 1. The van der Waals surface area contributed by atoms with Gasteiger partial charge in [-0.15, -0.1) is 0 Å². The van der Waals surface area contributed by atoms with Crippen LogP contribution in [0.2, 0.25) is 0 Å². The normalized spacial score (nSPS) is 13.7. The highest BCUT2D eigenvalue weighted by Crippen LogP contribution is 2.28. The van der Waals surface area contributed by atoms with Crippen molar-refractivity contribution in [1.82, 2.24) is 10.2 Å². The number of anilines is 1. The number of aryl methyl sites for hydroxylation is 2. The van der Waals surface area contributed by atoms with Crippen LogP contribution < -0.4 is 10.6 Å². The Kier molecular flexibility index (Phi) is 5.19. The molecule has 0 unspecified atom stereocenters. The lowest BCUT2D eigenvalue weighted by Crippen LogP contribution is -2.42. The molecule has 1 saturated carbocycles. The largest absolute Gasteiger partial charge is 0.468 e. The average Bonchev–Trinajstić information content (AvgIpc) is 3.27. The van der Waals surface area contributed by atoms with E-state index in [1.54, 1.807) is 6.26 Å². The molecule has 6 heteroatoms. The second-order valence-corrected chi connectivity index (χ2v) is 6.54. The molecule has 0 saturated heterocycles. The third-order valence-corrected chi connectivity index (χ3v) is 4.23. The van der Waals surface area contributed by atoms with Crippen molar-refractivity contribution in [1.29, 1.82) is 0 Å². The van der Waals surface area contributed by atoms with Crippen molar-refractivity contribution in [2.75, 3.05) is 11.9 Å². The monoisotopic (exact) mass is 341 g/mol. The van der Waals surface area contributed by atoms with Crippen molar-refractivity contribution >= 4 is 17.6 Å². The van der Waals surface area contributed by atoms with E-state index >= 15 is 0 Å². The molecule has 2 N–H and O–H groups in total. The van der Waals surface area contributed by atoms with Crippen molar-refractivity contribution < 1.29 is 14.0 Å². The van der Waals surface area contributed by atoms with E-state index in [4.69, 9.17) is 4.42 Å². The van der Waals surface area contributed by atoms with Crippen LogP contribution in [0.25, 0.3) is 0 Å². The number of hydrogen-bond donors (Lipinski definition) is 2. The van der Waals surface area contributed by atoms with E-state index in [1.807, 2.05) is 49.1 Å². The van der Waals surface area contributed by atoms with Crippen LogP contribution in [0, 0.1) is 13.8 Å². The summed E-state index contributed by atoms with van der Waals surface area (Å²) in [6.45, 7) is 4.66. The number of furan rings is 1. The van der Waals surface area contributed by atoms with Gasteiger partial charge >= 0.3 is 6.03 Å². The van der Waals surface area contributed by atoms with Crippen molar-refractivity contribution in [2.24, 2.45) is 0 Å². The zero-order chi connectivity index (χ0) is 17.8. The summed E-state index contributed by atoms with van der Waals surface area (Å²) in [5, 5.41) is 5.13. The van der Waals surface area contributed by atoms with E-state index in [1.165, 1.54) is 0 Å².